The van der Waals surface area contributed by atoms with Gasteiger partial charge in [0.25, 0.3) is 5.91 Å². The van der Waals surface area contributed by atoms with Crippen LogP contribution in [-0.2, 0) is 0 Å². The van der Waals surface area contributed by atoms with Crippen LogP contribution in [0.1, 0.15) is 21.5 Å². The fourth-order valence-electron chi connectivity index (χ4n) is 3.69. The number of aromatic nitrogens is 1. The lowest BCUT2D eigenvalue weighted by Crippen LogP contribution is -2.48. The molecule has 0 unspecified atom stereocenters. The fourth-order valence-corrected chi connectivity index (χ4v) is 4.79. The number of ether oxygens (including phenoxy) is 1. The summed E-state index contributed by atoms with van der Waals surface area (Å²) in [7, 11) is 1.68. The van der Waals surface area contributed by atoms with Gasteiger partial charge in [0, 0.05) is 44.8 Å². The summed E-state index contributed by atoms with van der Waals surface area (Å²) >= 11 is 1.72. The molecule has 1 aromatic heterocycles. The number of methoxy groups -OCH3 is 1. The van der Waals surface area contributed by atoms with Crippen LogP contribution in [0.15, 0.2) is 36.4 Å². The Morgan fingerprint density at radius 1 is 1.19 bits per heavy atom. The third kappa shape index (κ3) is 4.63. The zero-order valence-corrected chi connectivity index (χ0v) is 18.5. The molecule has 1 aliphatic rings. The van der Waals surface area contributed by atoms with Crippen LogP contribution in [0.3, 0.4) is 0 Å². The van der Waals surface area contributed by atoms with Crippen molar-refractivity contribution in [3.63, 3.8) is 0 Å². The SMILES string of the molecule is COc1ccc(C)c2sc(N3CCN(CCNC(=O)c4ccc(C#N)cc4)CC3)nc12. The van der Waals surface area contributed by atoms with E-state index in [1.807, 2.05) is 6.07 Å². The molecular weight excluding hydrogens is 410 g/mol. The quantitative estimate of drug-likeness (QED) is 0.641. The van der Waals surface area contributed by atoms with E-state index in [0.717, 1.165) is 49.1 Å². The van der Waals surface area contributed by atoms with E-state index in [-0.39, 0.29) is 5.91 Å². The second kappa shape index (κ2) is 9.33. The first kappa shape index (κ1) is 21.1. The van der Waals surface area contributed by atoms with Gasteiger partial charge in [-0.2, -0.15) is 5.26 Å². The van der Waals surface area contributed by atoms with Gasteiger partial charge in [-0.15, -0.1) is 0 Å². The summed E-state index contributed by atoms with van der Waals surface area (Å²) in [6, 6.07) is 12.8. The number of nitrogens with zero attached hydrogens (tertiary/aromatic N) is 4. The molecule has 0 bridgehead atoms. The Morgan fingerprint density at radius 2 is 1.94 bits per heavy atom. The third-order valence-corrected chi connectivity index (χ3v) is 6.80. The number of benzene rings is 2. The number of nitrogens with one attached hydrogen (secondary N) is 1. The maximum absolute atomic E-state index is 12.3. The van der Waals surface area contributed by atoms with Gasteiger partial charge in [-0.25, -0.2) is 4.98 Å². The van der Waals surface area contributed by atoms with Crippen molar-refractivity contribution in [2.45, 2.75) is 6.92 Å². The van der Waals surface area contributed by atoms with E-state index < -0.39 is 0 Å². The number of amides is 1. The average molecular weight is 436 g/mol. The Kier molecular flexibility index (Phi) is 6.35. The summed E-state index contributed by atoms with van der Waals surface area (Å²) in [6.45, 7) is 7.18. The van der Waals surface area contributed by atoms with Crippen molar-refractivity contribution in [1.29, 1.82) is 5.26 Å². The molecule has 8 heteroatoms. The van der Waals surface area contributed by atoms with Crippen molar-refractivity contribution < 1.29 is 9.53 Å². The van der Waals surface area contributed by atoms with Crippen LogP contribution in [0.2, 0.25) is 0 Å². The Bertz CT molecular complexity index is 1110. The van der Waals surface area contributed by atoms with Crippen LogP contribution in [0.4, 0.5) is 5.13 Å². The minimum Gasteiger partial charge on any atom is -0.494 e. The lowest BCUT2D eigenvalue weighted by Gasteiger charge is -2.34. The van der Waals surface area contributed by atoms with Crippen LogP contribution in [0, 0.1) is 18.3 Å². The highest BCUT2D eigenvalue weighted by molar-refractivity contribution is 7.22. The van der Waals surface area contributed by atoms with Crippen LogP contribution in [0.25, 0.3) is 10.2 Å². The number of piperazine rings is 1. The maximum atomic E-state index is 12.3. The molecule has 0 atom stereocenters. The van der Waals surface area contributed by atoms with Gasteiger partial charge >= 0.3 is 0 Å². The van der Waals surface area contributed by atoms with Crippen molar-refractivity contribution in [3.8, 4) is 11.8 Å². The molecule has 1 fully saturated rings. The second-order valence-electron chi connectivity index (χ2n) is 7.53. The van der Waals surface area contributed by atoms with E-state index >= 15 is 0 Å². The van der Waals surface area contributed by atoms with Crippen LogP contribution < -0.4 is 15.0 Å². The molecular formula is C23H25N5O2S. The Balaban J connectivity index is 1.28. The van der Waals surface area contributed by atoms with Crippen LogP contribution in [-0.4, -0.2) is 62.2 Å². The van der Waals surface area contributed by atoms with E-state index in [2.05, 4.69) is 34.2 Å². The van der Waals surface area contributed by atoms with Crippen LogP contribution >= 0.6 is 11.3 Å². The molecule has 31 heavy (non-hydrogen) atoms. The topological polar surface area (TPSA) is 81.5 Å². The number of anilines is 1. The number of thiazole rings is 1. The molecule has 0 saturated carbocycles. The number of hydrogen-bond donors (Lipinski definition) is 1. The zero-order chi connectivity index (χ0) is 21.8. The van der Waals surface area contributed by atoms with Gasteiger partial charge in [0.05, 0.1) is 23.4 Å². The molecule has 0 spiro atoms. The van der Waals surface area contributed by atoms with Gasteiger partial charge in [-0.1, -0.05) is 17.4 Å². The monoisotopic (exact) mass is 435 g/mol. The van der Waals surface area contributed by atoms with Crippen LogP contribution in [0.5, 0.6) is 5.75 Å². The molecule has 7 nitrogen and oxygen atoms in total. The Hall–Kier alpha value is -3.15. The first-order chi connectivity index (χ1) is 15.1. The number of rotatable bonds is 6. The lowest BCUT2D eigenvalue weighted by atomic mass is 10.1. The third-order valence-electron chi connectivity index (χ3n) is 5.54. The van der Waals surface area contributed by atoms with E-state index in [9.17, 15) is 4.79 Å². The maximum Gasteiger partial charge on any atom is 0.251 e. The normalized spacial score (nSPS) is 14.4. The van der Waals surface area contributed by atoms with Gasteiger partial charge in [0.2, 0.25) is 0 Å². The van der Waals surface area contributed by atoms with Crippen molar-refractivity contribution >= 4 is 32.6 Å². The highest BCUT2D eigenvalue weighted by Gasteiger charge is 2.21. The fraction of sp³-hybridized carbons (Fsp3) is 0.348. The van der Waals surface area contributed by atoms with Crippen molar-refractivity contribution in [2.75, 3.05) is 51.3 Å². The standard InChI is InChI=1S/C23H25N5O2S/c1-16-3-8-19(30-2)20-21(16)31-23(26-20)28-13-11-27(12-14-28)10-9-25-22(29)18-6-4-17(15-24)5-7-18/h3-8H,9-14H2,1-2H3,(H,25,29). The van der Waals surface area contributed by atoms with E-state index in [1.54, 1.807) is 42.7 Å². The van der Waals surface area contributed by atoms with Gasteiger partial charge in [0.1, 0.15) is 11.3 Å². The summed E-state index contributed by atoms with van der Waals surface area (Å²) in [6.07, 6.45) is 0. The molecule has 1 saturated heterocycles. The molecule has 1 amide bonds. The van der Waals surface area contributed by atoms with Crippen molar-refractivity contribution in [2.24, 2.45) is 0 Å². The van der Waals surface area contributed by atoms with Gasteiger partial charge < -0.3 is 15.0 Å². The molecule has 0 aliphatic carbocycles. The molecule has 2 aromatic carbocycles. The van der Waals surface area contributed by atoms with Crippen molar-refractivity contribution in [1.82, 2.24) is 15.2 Å². The number of fused-ring (bicyclic) bond motifs is 1. The number of hydrogen-bond acceptors (Lipinski definition) is 7. The highest BCUT2D eigenvalue weighted by Crippen LogP contribution is 2.36. The summed E-state index contributed by atoms with van der Waals surface area (Å²) in [5, 5.41) is 12.8. The molecule has 2 heterocycles. The highest BCUT2D eigenvalue weighted by atomic mass is 32.1. The Morgan fingerprint density at radius 3 is 2.61 bits per heavy atom. The van der Waals surface area contributed by atoms with E-state index in [1.165, 1.54) is 10.3 Å². The number of nitriles is 1. The molecule has 4 rings (SSSR count). The van der Waals surface area contributed by atoms with Crippen molar-refractivity contribution in [3.05, 3.63) is 53.1 Å². The minimum atomic E-state index is -0.109. The van der Waals surface area contributed by atoms with Gasteiger partial charge in [0.15, 0.2) is 5.13 Å². The molecule has 1 aliphatic heterocycles. The lowest BCUT2D eigenvalue weighted by molar-refractivity contribution is 0.0948. The zero-order valence-electron chi connectivity index (χ0n) is 17.7. The molecule has 160 valence electrons. The summed E-state index contributed by atoms with van der Waals surface area (Å²) in [4.78, 5) is 21.8. The van der Waals surface area contributed by atoms with E-state index in [0.29, 0.717) is 17.7 Å². The largest absolute Gasteiger partial charge is 0.494 e. The number of aryl methyl sites for hydroxylation is 1. The number of carbonyl (C=O) groups excluding carboxylic acids is 1. The average Bonchev–Trinajstić information content (AvgIpc) is 3.26. The van der Waals surface area contributed by atoms with E-state index in [4.69, 9.17) is 15.0 Å². The number of carbonyl (C=O) groups is 1. The van der Waals surface area contributed by atoms with Gasteiger partial charge in [-0.05, 0) is 42.8 Å². The Labute approximate surface area is 185 Å². The smallest absolute Gasteiger partial charge is 0.251 e. The predicted octanol–water partition coefficient (Wildman–Crippen LogP) is 3.04. The predicted molar refractivity (Wildman–Crippen MR) is 123 cm³/mol. The van der Waals surface area contributed by atoms with Gasteiger partial charge in [-0.3, -0.25) is 9.69 Å². The molecule has 1 N–H and O–H groups in total. The first-order valence-electron chi connectivity index (χ1n) is 10.3. The summed E-state index contributed by atoms with van der Waals surface area (Å²) in [5.41, 5.74) is 3.29. The molecule has 3 aromatic rings. The minimum absolute atomic E-state index is 0.109. The summed E-state index contributed by atoms with van der Waals surface area (Å²) in [5.74, 6) is 0.710. The second-order valence-corrected chi connectivity index (χ2v) is 8.51. The first-order valence-corrected chi connectivity index (χ1v) is 11.1. The molecule has 0 radical (unpaired) electrons. The summed E-state index contributed by atoms with van der Waals surface area (Å²) < 4.78 is 6.66.